The van der Waals surface area contributed by atoms with Crippen LogP contribution in [0.15, 0.2) is 6.07 Å². The van der Waals surface area contributed by atoms with E-state index in [-0.39, 0.29) is 10.8 Å². The molecule has 124 valence electrons. The van der Waals surface area contributed by atoms with Crippen LogP contribution < -0.4 is 5.32 Å². The summed E-state index contributed by atoms with van der Waals surface area (Å²) in [5.74, 6) is -1.15. The first-order valence-corrected chi connectivity index (χ1v) is 8.24. The molecule has 0 aromatic carbocycles. The maximum atomic E-state index is 12.2. The molecule has 0 aliphatic rings. The van der Waals surface area contributed by atoms with Crippen LogP contribution in [0.3, 0.4) is 0 Å². The lowest BCUT2D eigenvalue weighted by Crippen LogP contribution is -2.27. The Morgan fingerprint density at radius 3 is 2.74 bits per heavy atom. The van der Waals surface area contributed by atoms with E-state index in [0.29, 0.717) is 29.4 Å². The molecule has 2 heterocycles. The average Bonchev–Trinajstić information content (AvgIpc) is 3.02. The smallest absolute Gasteiger partial charge is 0.347 e. The fourth-order valence-electron chi connectivity index (χ4n) is 2.25. The molecule has 8 heteroatoms. The molecule has 0 bridgehead atoms. The molecule has 1 amide bonds. The number of nitrogens with one attached hydrogen (secondary N) is 1. The molecule has 2 N–H and O–H groups in total. The number of hydrogen-bond acceptors (Lipinski definition) is 5. The van der Waals surface area contributed by atoms with Crippen molar-refractivity contribution < 1.29 is 14.7 Å². The van der Waals surface area contributed by atoms with Gasteiger partial charge in [0, 0.05) is 20.0 Å². The maximum Gasteiger partial charge on any atom is 0.347 e. The van der Waals surface area contributed by atoms with Crippen LogP contribution in [0, 0.1) is 6.92 Å². The number of carbonyl (C=O) groups excluding carboxylic acids is 1. The van der Waals surface area contributed by atoms with Crippen molar-refractivity contribution in [2.45, 2.75) is 33.1 Å². The third kappa shape index (κ3) is 4.16. The summed E-state index contributed by atoms with van der Waals surface area (Å²) >= 11 is 1.15. The Morgan fingerprint density at radius 2 is 2.13 bits per heavy atom. The largest absolute Gasteiger partial charge is 0.477 e. The molecule has 23 heavy (non-hydrogen) atoms. The number of carbonyl (C=O) groups is 2. The van der Waals surface area contributed by atoms with Crippen molar-refractivity contribution in [1.82, 2.24) is 20.1 Å². The number of aromatic nitrogens is 3. The van der Waals surface area contributed by atoms with Crippen LogP contribution >= 0.6 is 11.3 Å². The molecule has 2 rings (SSSR count). The van der Waals surface area contributed by atoms with Crippen LogP contribution in [0.4, 0.5) is 0 Å². The van der Waals surface area contributed by atoms with E-state index in [1.807, 2.05) is 0 Å². The van der Waals surface area contributed by atoms with E-state index in [0.717, 1.165) is 29.9 Å². The first-order chi connectivity index (χ1) is 10.9. The van der Waals surface area contributed by atoms with Crippen LogP contribution in [0.2, 0.25) is 0 Å². The standard InChI is InChI=1S/C15H20N4O3S/c1-4-5-10-8-11(19(3)18-10)14(20)16-7-6-12-17-9(2)13(23-12)15(21)22/h8H,4-7H2,1-3H3,(H,16,20)(H,21,22). The van der Waals surface area contributed by atoms with Crippen LogP contribution in [-0.4, -0.2) is 38.3 Å². The van der Waals surface area contributed by atoms with Gasteiger partial charge in [0.05, 0.1) is 16.4 Å². The van der Waals surface area contributed by atoms with Gasteiger partial charge in [0.2, 0.25) is 0 Å². The highest BCUT2D eigenvalue weighted by Crippen LogP contribution is 2.18. The predicted octanol–water partition coefficient (Wildman–Crippen LogP) is 1.81. The normalized spacial score (nSPS) is 10.7. The van der Waals surface area contributed by atoms with E-state index in [2.05, 4.69) is 22.3 Å². The Balaban J connectivity index is 1.92. The van der Waals surface area contributed by atoms with E-state index >= 15 is 0 Å². The molecule has 2 aromatic heterocycles. The Bertz CT molecular complexity index is 720. The van der Waals surface area contributed by atoms with Gasteiger partial charge in [-0.15, -0.1) is 11.3 Å². The van der Waals surface area contributed by atoms with Crippen molar-refractivity contribution in [2.75, 3.05) is 6.54 Å². The van der Waals surface area contributed by atoms with Crippen LogP contribution in [0.5, 0.6) is 0 Å². The number of nitrogens with zero attached hydrogens (tertiary/aromatic N) is 3. The van der Waals surface area contributed by atoms with E-state index < -0.39 is 5.97 Å². The average molecular weight is 336 g/mol. The van der Waals surface area contributed by atoms with Crippen LogP contribution in [0.25, 0.3) is 0 Å². The maximum absolute atomic E-state index is 12.2. The molecule has 0 saturated heterocycles. The zero-order valence-corrected chi connectivity index (χ0v) is 14.2. The quantitative estimate of drug-likeness (QED) is 0.804. The Morgan fingerprint density at radius 1 is 1.39 bits per heavy atom. The molecule has 0 fully saturated rings. The highest BCUT2D eigenvalue weighted by atomic mass is 32.1. The van der Waals surface area contributed by atoms with Gasteiger partial charge in [-0.2, -0.15) is 5.10 Å². The molecule has 0 saturated carbocycles. The molecule has 0 atom stereocenters. The zero-order chi connectivity index (χ0) is 17.0. The minimum atomic E-state index is -0.964. The Hall–Kier alpha value is -2.22. The monoisotopic (exact) mass is 336 g/mol. The van der Waals surface area contributed by atoms with E-state index in [1.54, 1.807) is 24.7 Å². The molecule has 0 spiro atoms. The van der Waals surface area contributed by atoms with Gasteiger partial charge in [-0.25, -0.2) is 9.78 Å². The number of aryl methyl sites for hydroxylation is 3. The molecule has 2 aromatic rings. The van der Waals surface area contributed by atoms with Crippen molar-refractivity contribution in [3.63, 3.8) is 0 Å². The molecule has 0 unspecified atom stereocenters. The number of thiazole rings is 1. The second-order valence-corrected chi connectivity index (χ2v) is 6.31. The van der Waals surface area contributed by atoms with E-state index in [4.69, 9.17) is 5.11 Å². The summed E-state index contributed by atoms with van der Waals surface area (Å²) in [6.45, 7) is 4.14. The topological polar surface area (TPSA) is 97.1 Å². The molecular weight excluding hydrogens is 316 g/mol. The Labute approximate surface area is 138 Å². The number of rotatable bonds is 7. The summed E-state index contributed by atoms with van der Waals surface area (Å²) in [6, 6.07) is 1.80. The number of carboxylic acids is 1. The fraction of sp³-hybridized carbons (Fsp3) is 0.467. The van der Waals surface area contributed by atoms with E-state index in [1.165, 1.54) is 0 Å². The second kappa shape index (κ2) is 7.36. The van der Waals surface area contributed by atoms with E-state index in [9.17, 15) is 9.59 Å². The number of aromatic carboxylic acids is 1. The lowest BCUT2D eigenvalue weighted by molar-refractivity contribution is 0.0701. The minimum Gasteiger partial charge on any atom is -0.477 e. The summed E-state index contributed by atoms with van der Waals surface area (Å²) in [7, 11) is 1.75. The highest BCUT2D eigenvalue weighted by Gasteiger charge is 2.15. The van der Waals surface area contributed by atoms with Crippen LogP contribution in [0.1, 0.15) is 49.9 Å². The van der Waals surface area contributed by atoms with Crippen molar-refractivity contribution in [3.05, 3.63) is 33.0 Å². The zero-order valence-electron chi connectivity index (χ0n) is 13.4. The van der Waals surface area contributed by atoms with Gasteiger partial charge in [-0.3, -0.25) is 9.48 Å². The number of amides is 1. The third-order valence-corrected chi connectivity index (χ3v) is 4.53. The summed E-state index contributed by atoms with van der Waals surface area (Å²) in [6.07, 6.45) is 2.33. The van der Waals surface area contributed by atoms with Crippen molar-refractivity contribution >= 4 is 23.2 Å². The Kier molecular flexibility index (Phi) is 5.49. The van der Waals surface area contributed by atoms with Crippen LogP contribution in [-0.2, 0) is 19.9 Å². The summed E-state index contributed by atoms with van der Waals surface area (Å²) in [5.41, 5.74) is 1.94. The van der Waals surface area contributed by atoms with Gasteiger partial charge in [-0.05, 0) is 19.4 Å². The predicted molar refractivity (Wildman–Crippen MR) is 87.1 cm³/mol. The fourth-order valence-corrected chi connectivity index (χ4v) is 3.15. The molecule has 0 aliphatic heterocycles. The van der Waals surface area contributed by atoms with Gasteiger partial charge in [0.1, 0.15) is 10.6 Å². The minimum absolute atomic E-state index is 0.186. The lowest BCUT2D eigenvalue weighted by Gasteiger charge is -2.03. The highest BCUT2D eigenvalue weighted by molar-refractivity contribution is 7.13. The van der Waals surface area contributed by atoms with Gasteiger partial charge in [0.25, 0.3) is 5.91 Å². The van der Waals surface area contributed by atoms with Crippen molar-refractivity contribution in [3.8, 4) is 0 Å². The molecule has 0 radical (unpaired) electrons. The third-order valence-electron chi connectivity index (χ3n) is 3.33. The van der Waals surface area contributed by atoms with Gasteiger partial charge < -0.3 is 10.4 Å². The number of carboxylic acid groups (broad SMARTS) is 1. The first kappa shape index (κ1) is 17.1. The summed E-state index contributed by atoms with van der Waals surface area (Å²) < 4.78 is 1.58. The summed E-state index contributed by atoms with van der Waals surface area (Å²) in [5, 5.41) is 16.8. The molecule has 7 nitrogen and oxygen atoms in total. The molecular formula is C15H20N4O3S. The van der Waals surface area contributed by atoms with Crippen molar-refractivity contribution in [1.29, 1.82) is 0 Å². The second-order valence-electron chi connectivity index (χ2n) is 5.23. The van der Waals surface area contributed by atoms with Gasteiger partial charge >= 0.3 is 5.97 Å². The van der Waals surface area contributed by atoms with Gasteiger partial charge in [0.15, 0.2) is 0 Å². The molecule has 0 aliphatic carbocycles. The first-order valence-electron chi connectivity index (χ1n) is 7.43. The SMILES string of the molecule is CCCc1cc(C(=O)NCCc2nc(C)c(C(=O)O)s2)n(C)n1. The van der Waals surface area contributed by atoms with Crippen molar-refractivity contribution in [2.24, 2.45) is 7.05 Å². The van der Waals surface area contributed by atoms with Gasteiger partial charge in [-0.1, -0.05) is 13.3 Å². The summed E-state index contributed by atoms with van der Waals surface area (Å²) in [4.78, 5) is 27.6. The lowest BCUT2D eigenvalue weighted by atomic mass is 10.2. The number of hydrogen-bond donors (Lipinski definition) is 2.